The largest absolute Gasteiger partial charge is 0.493 e. The number of hydrogen-bond acceptors (Lipinski definition) is 5. The van der Waals surface area contributed by atoms with Crippen LogP contribution in [-0.2, 0) is 16.4 Å². The van der Waals surface area contributed by atoms with Crippen molar-refractivity contribution in [2.24, 2.45) is 0 Å². The van der Waals surface area contributed by atoms with Gasteiger partial charge in [0.2, 0.25) is 10.0 Å². The monoisotopic (exact) mass is 444 g/mol. The van der Waals surface area contributed by atoms with E-state index in [0.717, 1.165) is 16.7 Å². The fraction of sp³-hybridized carbons (Fsp3) is 0.227. The molecule has 1 aliphatic heterocycles. The van der Waals surface area contributed by atoms with Gasteiger partial charge in [-0.2, -0.15) is 4.31 Å². The molecule has 0 aliphatic carbocycles. The highest BCUT2D eigenvalue weighted by Gasteiger charge is 2.38. The van der Waals surface area contributed by atoms with Crippen molar-refractivity contribution in [3.63, 3.8) is 0 Å². The lowest BCUT2D eigenvalue weighted by atomic mass is 9.89. The number of ether oxygens (including phenoxy) is 2. The Bertz CT molecular complexity index is 1150. The summed E-state index contributed by atoms with van der Waals surface area (Å²) in [5, 5.41) is 0.245. The fourth-order valence-corrected chi connectivity index (χ4v) is 5.47. The molecule has 1 aromatic heterocycles. The number of fused-ring (bicyclic) bond motifs is 1. The Labute approximate surface area is 181 Å². The maximum Gasteiger partial charge on any atom is 0.245 e. The lowest BCUT2D eigenvalue weighted by molar-refractivity contribution is 0.332. The number of aromatic nitrogens is 1. The summed E-state index contributed by atoms with van der Waals surface area (Å²) in [6, 6.07) is 15.8. The zero-order chi connectivity index (χ0) is 21.3. The summed E-state index contributed by atoms with van der Waals surface area (Å²) in [6.45, 7) is 0.326. The van der Waals surface area contributed by atoms with Crippen LogP contribution < -0.4 is 9.47 Å². The van der Waals surface area contributed by atoms with Crippen molar-refractivity contribution in [1.29, 1.82) is 0 Å². The molecule has 4 rings (SSSR count). The summed E-state index contributed by atoms with van der Waals surface area (Å²) in [7, 11) is -0.657. The smallest absolute Gasteiger partial charge is 0.245 e. The van der Waals surface area contributed by atoms with Crippen molar-refractivity contribution in [2.75, 3.05) is 20.8 Å². The van der Waals surface area contributed by atoms with Gasteiger partial charge in [0.15, 0.2) is 11.5 Å². The van der Waals surface area contributed by atoms with Gasteiger partial charge in [-0.15, -0.1) is 0 Å². The van der Waals surface area contributed by atoms with E-state index in [2.05, 4.69) is 4.98 Å². The van der Waals surface area contributed by atoms with Gasteiger partial charge in [-0.25, -0.2) is 13.4 Å². The van der Waals surface area contributed by atoms with Crippen molar-refractivity contribution < 1.29 is 17.9 Å². The van der Waals surface area contributed by atoms with Crippen molar-refractivity contribution in [1.82, 2.24) is 9.29 Å². The minimum atomic E-state index is -3.81. The van der Waals surface area contributed by atoms with Crippen LogP contribution in [0.15, 0.2) is 65.7 Å². The first-order chi connectivity index (χ1) is 14.5. The Kier molecular flexibility index (Phi) is 5.69. The molecule has 0 amide bonds. The van der Waals surface area contributed by atoms with E-state index in [0.29, 0.717) is 24.5 Å². The van der Waals surface area contributed by atoms with Gasteiger partial charge in [-0.1, -0.05) is 41.9 Å². The van der Waals surface area contributed by atoms with Gasteiger partial charge >= 0.3 is 0 Å². The summed E-state index contributed by atoms with van der Waals surface area (Å²) >= 11 is 5.86. The maximum absolute atomic E-state index is 13.6. The third-order valence-electron chi connectivity index (χ3n) is 5.25. The third kappa shape index (κ3) is 3.64. The molecule has 156 valence electrons. The molecule has 1 aliphatic rings. The number of methoxy groups -OCH3 is 2. The molecule has 0 bridgehead atoms. The Morgan fingerprint density at radius 1 is 1.03 bits per heavy atom. The fourth-order valence-electron chi connectivity index (χ4n) is 3.81. The predicted octanol–water partition coefficient (Wildman–Crippen LogP) is 4.09. The molecule has 6 nitrogen and oxygen atoms in total. The van der Waals surface area contributed by atoms with Gasteiger partial charge in [0, 0.05) is 12.7 Å². The van der Waals surface area contributed by atoms with Crippen LogP contribution in [0.1, 0.15) is 22.7 Å². The quantitative estimate of drug-likeness (QED) is 0.554. The van der Waals surface area contributed by atoms with Crippen LogP contribution >= 0.6 is 11.6 Å². The van der Waals surface area contributed by atoms with Gasteiger partial charge in [0.1, 0.15) is 10.0 Å². The lowest BCUT2D eigenvalue weighted by Gasteiger charge is -2.37. The van der Waals surface area contributed by atoms with Crippen LogP contribution in [0, 0.1) is 0 Å². The molecular formula is C22H21ClN2O4S. The summed E-state index contributed by atoms with van der Waals surface area (Å²) in [5.41, 5.74) is 2.77. The normalized spacial score (nSPS) is 16.7. The van der Waals surface area contributed by atoms with Crippen molar-refractivity contribution in [3.05, 3.63) is 82.6 Å². The number of pyridine rings is 1. The molecule has 0 radical (unpaired) electrons. The Balaban J connectivity index is 1.89. The Morgan fingerprint density at radius 2 is 1.73 bits per heavy atom. The van der Waals surface area contributed by atoms with Gasteiger partial charge in [0.25, 0.3) is 0 Å². The molecule has 1 atom stereocenters. The Morgan fingerprint density at radius 3 is 2.37 bits per heavy atom. The van der Waals surface area contributed by atoms with Gasteiger partial charge < -0.3 is 9.47 Å². The molecule has 2 aromatic carbocycles. The molecule has 8 heteroatoms. The average molecular weight is 445 g/mol. The molecule has 0 unspecified atom stereocenters. The first-order valence-corrected chi connectivity index (χ1v) is 11.2. The predicted molar refractivity (Wildman–Crippen MR) is 115 cm³/mol. The van der Waals surface area contributed by atoms with Crippen LogP contribution in [-0.4, -0.2) is 38.5 Å². The standard InChI is InChI=1S/C22H21ClN2O4S/c1-28-19-12-16-10-11-25(30(26,27)17-8-9-21(23)24-14-17)22(15-6-4-3-5-7-15)18(16)13-20(19)29-2/h3-9,12-14,22H,10-11H2,1-2H3/t22-/m0/s1. The lowest BCUT2D eigenvalue weighted by Crippen LogP contribution is -2.40. The summed E-state index contributed by atoms with van der Waals surface area (Å²) < 4.78 is 39.6. The Hall–Kier alpha value is -2.61. The van der Waals surface area contributed by atoms with Crippen molar-refractivity contribution >= 4 is 21.6 Å². The second kappa shape index (κ2) is 8.26. The number of nitrogens with zero attached hydrogens (tertiary/aromatic N) is 2. The van der Waals surface area contributed by atoms with E-state index < -0.39 is 16.1 Å². The van der Waals surface area contributed by atoms with Crippen molar-refractivity contribution in [3.8, 4) is 11.5 Å². The summed E-state index contributed by atoms with van der Waals surface area (Å²) in [6.07, 6.45) is 1.85. The molecule has 0 saturated carbocycles. The highest BCUT2D eigenvalue weighted by atomic mass is 35.5. The van der Waals surface area contributed by atoms with Gasteiger partial charge in [-0.3, -0.25) is 0 Å². The first-order valence-electron chi connectivity index (χ1n) is 9.39. The molecular weight excluding hydrogens is 424 g/mol. The minimum absolute atomic E-state index is 0.108. The average Bonchev–Trinajstić information content (AvgIpc) is 2.78. The van der Waals surface area contributed by atoms with Crippen LogP contribution in [0.4, 0.5) is 0 Å². The number of rotatable bonds is 5. The highest BCUT2D eigenvalue weighted by molar-refractivity contribution is 7.89. The molecule has 30 heavy (non-hydrogen) atoms. The first kappa shape index (κ1) is 20.7. The summed E-state index contributed by atoms with van der Waals surface area (Å²) in [5.74, 6) is 1.19. The van der Waals surface area contributed by atoms with Crippen LogP contribution in [0.25, 0.3) is 0 Å². The molecule has 0 spiro atoms. The third-order valence-corrected chi connectivity index (χ3v) is 7.32. The van der Waals surface area contributed by atoms with Crippen molar-refractivity contribution in [2.45, 2.75) is 17.4 Å². The topological polar surface area (TPSA) is 68.7 Å². The number of halogens is 1. The maximum atomic E-state index is 13.6. The van der Waals surface area contributed by atoms with E-state index in [1.807, 2.05) is 42.5 Å². The molecule has 3 aromatic rings. The SMILES string of the molecule is COc1cc2c(cc1OC)[C@H](c1ccccc1)N(S(=O)(=O)c1ccc(Cl)nc1)CC2. The highest BCUT2D eigenvalue weighted by Crippen LogP contribution is 2.43. The second-order valence-corrected chi connectivity index (χ2v) is 9.18. The van der Waals surface area contributed by atoms with E-state index in [4.69, 9.17) is 21.1 Å². The van der Waals surface area contributed by atoms with E-state index in [9.17, 15) is 8.42 Å². The minimum Gasteiger partial charge on any atom is -0.493 e. The van der Waals surface area contributed by atoms with E-state index >= 15 is 0 Å². The molecule has 2 heterocycles. The van der Waals surface area contributed by atoms with Crippen LogP contribution in [0.3, 0.4) is 0 Å². The summed E-state index contributed by atoms with van der Waals surface area (Å²) in [4.78, 5) is 4.06. The van der Waals surface area contributed by atoms with E-state index in [-0.39, 0.29) is 10.0 Å². The number of benzene rings is 2. The van der Waals surface area contributed by atoms with Gasteiger partial charge in [0.05, 0.1) is 20.3 Å². The van der Waals surface area contributed by atoms with E-state index in [1.54, 1.807) is 14.2 Å². The number of hydrogen-bond donors (Lipinski definition) is 0. The zero-order valence-corrected chi connectivity index (χ0v) is 18.2. The second-order valence-electron chi connectivity index (χ2n) is 6.90. The van der Waals surface area contributed by atoms with Crippen LogP contribution in [0.2, 0.25) is 5.15 Å². The van der Waals surface area contributed by atoms with Gasteiger partial charge in [-0.05, 0) is 47.4 Å². The molecule has 0 fully saturated rings. The number of sulfonamides is 1. The molecule has 0 saturated heterocycles. The molecule has 0 N–H and O–H groups in total. The zero-order valence-electron chi connectivity index (χ0n) is 16.6. The van der Waals surface area contributed by atoms with Crippen LogP contribution in [0.5, 0.6) is 11.5 Å². The van der Waals surface area contributed by atoms with E-state index in [1.165, 1.54) is 22.6 Å².